The fourth-order valence-electron chi connectivity index (χ4n) is 2.87. The van der Waals surface area contributed by atoms with Crippen LogP contribution in [-0.4, -0.2) is 35.6 Å². The van der Waals surface area contributed by atoms with Gasteiger partial charge in [-0.25, -0.2) is 4.68 Å². The lowest BCUT2D eigenvalue weighted by atomic mass is 10.3. The van der Waals surface area contributed by atoms with Crippen LogP contribution in [0, 0.1) is 0 Å². The molecule has 0 aliphatic heterocycles. The van der Waals surface area contributed by atoms with Gasteiger partial charge in [0.25, 0.3) is 0 Å². The third-order valence-corrected chi connectivity index (χ3v) is 6.10. The molecule has 1 saturated carbocycles. The molecule has 0 bridgehead atoms. The second-order valence-electron chi connectivity index (χ2n) is 5.68. The SMILES string of the molecule is CN(C1CCCC1)S(=O)(=O)Nc1ccccc1-n1cc(Br)cn1. The summed E-state index contributed by atoms with van der Waals surface area (Å²) in [7, 11) is -1.95. The van der Waals surface area contributed by atoms with E-state index in [1.165, 1.54) is 4.31 Å². The topological polar surface area (TPSA) is 67.2 Å². The number of benzene rings is 1. The summed E-state index contributed by atoms with van der Waals surface area (Å²) in [6.45, 7) is 0. The monoisotopic (exact) mass is 398 g/mol. The molecule has 0 amide bonds. The predicted octanol–water partition coefficient (Wildman–Crippen LogP) is 3.17. The third-order valence-electron chi connectivity index (χ3n) is 4.16. The Bertz CT molecular complexity index is 784. The van der Waals surface area contributed by atoms with E-state index in [9.17, 15) is 8.42 Å². The Balaban J connectivity index is 1.88. The van der Waals surface area contributed by atoms with E-state index >= 15 is 0 Å². The fourth-order valence-corrected chi connectivity index (χ4v) is 4.35. The van der Waals surface area contributed by atoms with Crippen molar-refractivity contribution in [2.75, 3.05) is 11.8 Å². The number of anilines is 1. The van der Waals surface area contributed by atoms with Gasteiger partial charge in [0, 0.05) is 19.3 Å². The van der Waals surface area contributed by atoms with Gasteiger partial charge in [0.15, 0.2) is 0 Å². The normalized spacial score (nSPS) is 16.1. The summed E-state index contributed by atoms with van der Waals surface area (Å²) in [4.78, 5) is 0. The van der Waals surface area contributed by atoms with Gasteiger partial charge in [0.2, 0.25) is 0 Å². The van der Waals surface area contributed by atoms with Gasteiger partial charge in [-0.3, -0.25) is 4.72 Å². The van der Waals surface area contributed by atoms with Crippen molar-refractivity contribution in [3.8, 4) is 5.69 Å². The molecule has 1 aliphatic rings. The summed E-state index contributed by atoms with van der Waals surface area (Å²) < 4.78 is 31.9. The largest absolute Gasteiger partial charge is 0.301 e. The van der Waals surface area contributed by atoms with Gasteiger partial charge in [0.1, 0.15) is 0 Å². The molecule has 3 rings (SSSR count). The maximum absolute atomic E-state index is 12.7. The molecular formula is C15H19BrN4O2S. The summed E-state index contributed by atoms with van der Waals surface area (Å²) in [6, 6.07) is 7.30. The van der Waals surface area contributed by atoms with Crippen molar-refractivity contribution in [3.63, 3.8) is 0 Å². The molecule has 6 nitrogen and oxygen atoms in total. The third kappa shape index (κ3) is 3.59. The van der Waals surface area contributed by atoms with Gasteiger partial charge in [-0.05, 0) is 40.9 Å². The van der Waals surface area contributed by atoms with Gasteiger partial charge in [-0.15, -0.1) is 0 Å². The number of aromatic nitrogens is 2. The first kappa shape index (κ1) is 16.5. The highest BCUT2D eigenvalue weighted by Gasteiger charge is 2.29. The minimum atomic E-state index is -3.59. The molecule has 1 aromatic carbocycles. The van der Waals surface area contributed by atoms with Crippen molar-refractivity contribution in [3.05, 3.63) is 41.1 Å². The number of rotatable bonds is 5. The van der Waals surface area contributed by atoms with Crippen LogP contribution in [0.3, 0.4) is 0 Å². The molecule has 2 aromatic rings. The van der Waals surface area contributed by atoms with Crippen LogP contribution in [0.25, 0.3) is 5.69 Å². The van der Waals surface area contributed by atoms with Crippen LogP contribution in [-0.2, 0) is 10.2 Å². The zero-order valence-electron chi connectivity index (χ0n) is 12.8. The molecule has 0 saturated heterocycles. The molecule has 1 fully saturated rings. The lowest BCUT2D eigenvalue weighted by Crippen LogP contribution is -2.39. The molecule has 124 valence electrons. The Morgan fingerprint density at radius 2 is 2.00 bits per heavy atom. The summed E-state index contributed by atoms with van der Waals surface area (Å²) in [5.74, 6) is 0. The number of halogens is 1. The van der Waals surface area contributed by atoms with Crippen molar-refractivity contribution >= 4 is 31.8 Å². The predicted molar refractivity (Wildman–Crippen MR) is 93.8 cm³/mol. The minimum Gasteiger partial charge on any atom is -0.269 e. The molecule has 0 atom stereocenters. The van der Waals surface area contributed by atoms with Crippen molar-refractivity contribution in [2.45, 2.75) is 31.7 Å². The van der Waals surface area contributed by atoms with Gasteiger partial charge in [0.05, 0.1) is 22.0 Å². The van der Waals surface area contributed by atoms with E-state index in [1.54, 1.807) is 36.3 Å². The van der Waals surface area contributed by atoms with E-state index < -0.39 is 10.2 Å². The molecule has 1 aromatic heterocycles. The highest BCUT2D eigenvalue weighted by atomic mass is 79.9. The summed E-state index contributed by atoms with van der Waals surface area (Å²) >= 11 is 3.35. The molecule has 0 unspecified atom stereocenters. The van der Waals surface area contributed by atoms with E-state index in [2.05, 4.69) is 25.8 Å². The van der Waals surface area contributed by atoms with E-state index in [1.807, 2.05) is 12.1 Å². The molecular weight excluding hydrogens is 380 g/mol. The Labute approximate surface area is 144 Å². The summed E-state index contributed by atoms with van der Waals surface area (Å²) in [6.07, 6.45) is 7.46. The first-order chi connectivity index (χ1) is 11.0. The molecule has 1 aliphatic carbocycles. The zero-order valence-corrected chi connectivity index (χ0v) is 15.2. The average molecular weight is 399 g/mol. The fraction of sp³-hybridized carbons (Fsp3) is 0.400. The lowest BCUT2D eigenvalue weighted by molar-refractivity contribution is 0.376. The molecule has 0 radical (unpaired) electrons. The standard InChI is InChI=1S/C15H19BrN4O2S/c1-19(13-6-2-3-7-13)23(21,22)18-14-8-4-5-9-15(14)20-11-12(16)10-17-20/h4-5,8-11,13,18H,2-3,6-7H2,1H3. The molecule has 23 heavy (non-hydrogen) atoms. The van der Waals surface area contributed by atoms with Crippen LogP contribution >= 0.6 is 15.9 Å². The maximum Gasteiger partial charge on any atom is 0.301 e. The first-order valence-electron chi connectivity index (χ1n) is 7.53. The minimum absolute atomic E-state index is 0.0820. The Hall–Kier alpha value is -1.38. The lowest BCUT2D eigenvalue weighted by Gasteiger charge is -2.24. The van der Waals surface area contributed by atoms with Crippen LogP contribution in [0.2, 0.25) is 0 Å². The second-order valence-corrected chi connectivity index (χ2v) is 8.33. The Morgan fingerprint density at radius 1 is 1.30 bits per heavy atom. The van der Waals surface area contributed by atoms with E-state index in [0.717, 1.165) is 30.2 Å². The molecule has 8 heteroatoms. The molecule has 0 spiro atoms. The van der Waals surface area contributed by atoms with Crippen LogP contribution in [0.1, 0.15) is 25.7 Å². The highest BCUT2D eigenvalue weighted by molar-refractivity contribution is 9.10. The van der Waals surface area contributed by atoms with Gasteiger partial charge >= 0.3 is 10.2 Å². The average Bonchev–Trinajstić information content (AvgIpc) is 3.18. The van der Waals surface area contributed by atoms with E-state index in [0.29, 0.717) is 11.4 Å². The maximum atomic E-state index is 12.7. The van der Waals surface area contributed by atoms with E-state index in [-0.39, 0.29) is 6.04 Å². The van der Waals surface area contributed by atoms with Crippen molar-refractivity contribution < 1.29 is 8.42 Å². The quantitative estimate of drug-likeness (QED) is 0.840. The number of nitrogens with zero attached hydrogens (tertiary/aromatic N) is 3. The van der Waals surface area contributed by atoms with Crippen LogP contribution in [0.15, 0.2) is 41.1 Å². The van der Waals surface area contributed by atoms with E-state index in [4.69, 9.17) is 0 Å². The van der Waals surface area contributed by atoms with Gasteiger partial charge < -0.3 is 0 Å². The number of para-hydroxylation sites is 2. The number of hydrogen-bond donors (Lipinski definition) is 1. The van der Waals surface area contributed by atoms with Crippen LogP contribution in [0.5, 0.6) is 0 Å². The molecule has 1 N–H and O–H groups in total. The first-order valence-corrected chi connectivity index (χ1v) is 9.76. The van der Waals surface area contributed by atoms with Crippen molar-refractivity contribution in [1.29, 1.82) is 0 Å². The number of nitrogens with one attached hydrogen (secondary N) is 1. The number of hydrogen-bond acceptors (Lipinski definition) is 3. The molecule has 1 heterocycles. The van der Waals surface area contributed by atoms with Crippen LogP contribution < -0.4 is 4.72 Å². The smallest absolute Gasteiger partial charge is 0.269 e. The Morgan fingerprint density at radius 3 is 2.65 bits per heavy atom. The summed E-state index contributed by atoms with van der Waals surface area (Å²) in [5.41, 5.74) is 1.19. The van der Waals surface area contributed by atoms with Gasteiger partial charge in [-0.2, -0.15) is 17.8 Å². The highest BCUT2D eigenvalue weighted by Crippen LogP contribution is 2.27. The summed E-state index contributed by atoms with van der Waals surface area (Å²) in [5, 5.41) is 4.22. The van der Waals surface area contributed by atoms with Crippen LogP contribution in [0.4, 0.5) is 5.69 Å². The second kappa shape index (κ2) is 6.62. The van der Waals surface area contributed by atoms with Crippen molar-refractivity contribution in [1.82, 2.24) is 14.1 Å². The zero-order chi connectivity index (χ0) is 16.4. The van der Waals surface area contributed by atoms with Crippen molar-refractivity contribution in [2.24, 2.45) is 0 Å². The van der Waals surface area contributed by atoms with Gasteiger partial charge in [-0.1, -0.05) is 25.0 Å². The Kier molecular flexibility index (Phi) is 4.74.